The summed E-state index contributed by atoms with van der Waals surface area (Å²) in [7, 11) is 2.17. The molecule has 0 saturated heterocycles. The lowest BCUT2D eigenvalue weighted by Gasteiger charge is -2.13. The van der Waals surface area contributed by atoms with E-state index in [9.17, 15) is 0 Å². The number of hydrogen-bond acceptors (Lipinski definition) is 2. The maximum absolute atomic E-state index is 4.56. The van der Waals surface area contributed by atoms with Crippen molar-refractivity contribution in [1.29, 1.82) is 0 Å². The molecule has 1 rings (SSSR count). The third kappa shape index (κ3) is 11.4. The SMILES string of the molecule is CCCCCC/C=C\CCCCCCCCCC1=NCCN1C. The van der Waals surface area contributed by atoms with Crippen LogP contribution in [0.4, 0.5) is 0 Å². The minimum Gasteiger partial charge on any atom is -0.362 e. The molecule has 0 spiro atoms. The molecule has 2 nitrogen and oxygen atoms in total. The monoisotopic (exact) mass is 320 g/mol. The van der Waals surface area contributed by atoms with Crippen molar-refractivity contribution in [1.82, 2.24) is 4.90 Å². The fraction of sp³-hybridized carbons (Fsp3) is 0.857. The van der Waals surface area contributed by atoms with Crippen molar-refractivity contribution in [2.24, 2.45) is 4.99 Å². The first-order valence-corrected chi connectivity index (χ1v) is 10.2. The maximum Gasteiger partial charge on any atom is 0.0987 e. The molecule has 0 amide bonds. The largest absolute Gasteiger partial charge is 0.362 e. The molecule has 0 aromatic carbocycles. The van der Waals surface area contributed by atoms with E-state index < -0.39 is 0 Å². The van der Waals surface area contributed by atoms with Crippen molar-refractivity contribution in [3.05, 3.63) is 12.2 Å². The van der Waals surface area contributed by atoms with Crippen molar-refractivity contribution >= 4 is 5.84 Å². The third-order valence-corrected chi connectivity index (χ3v) is 4.83. The Hall–Kier alpha value is -0.790. The van der Waals surface area contributed by atoms with E-state index in [2.05, 4.69) is 36.0 Å². The Morgan fingerprint density at radius 1 is 0.826 bits per heavy atom. The van der Waals surface area contributed by atoms with Crippen LogP contribution in [0.1, 0.15) is 96.8 Å². The molecule has 1 aliphatic heterocycles. The van der Waals surface area contributed by atoms with Crippen LogP contribution < -0.4 is 0 Å². The Labute approximate surface area is 145 Å². The summed E-state index contributed by atoms with van der Waals surface area (Å²) in [5.74, 6) is 1.34. The first-order chi connectivity index (χ1) is 11.3. The Kier molecular flexibility index (Phi) is 13.0. The fourth-order valence-electron chi connectivity index (χ4n) is 3.20. The Bertz CT molecular complexity index is 320. The molecule has 0 atom stereocenters. The minimum absolute atomic E-state index is 1.01. The predicted molar refractivity (Wildman–Crippen MR) is 104 cm³/mol. The molecule has 2 heteroatoms. The molecule has 1 heterocycles. The second kappa shape index (κ2) is 14.8. The van der Waals surface area contributed by atoms with E-state index in [1.807, 2.05) is 0 Å². The van der Waals surface area contributed by atoms with E-state index in [-0.39, 0.29) is 0 Å². The van der Waals surface area contributed by atoms with Gasteiger partial charge in [0.2, 0.25) is 0 Å². The number of likely N-dealkylation sites (N-methyl/N-ethyl adjacent to an activating group) is 1. The molecular weight excluding hydrogens is 280 g/mol. The summed E-state index contributed by atoms with van der Waals surface area (Å²) < 4.78 is 0. The summed E-state index contributed by atoms with van der Waals surface area (Å²) in [4.78, 5) is 6.87. The number of allylic oxidation sites excluding steroid dienone is 2. The lowest BCUT2D eigenvalue weighted by molar-refractivity contribution is 0.533. The number of nitrogens with zero attached hydrogens (tertiary/aromatic N) is 2. The summed E-state index contributed by atoms with van der Waals surface area (Å²) >= 11 is 0. The first kappa shape index (κ1) is 20.3. The van der Waals surface area contributed by atoms with E-state index in [0.717, 1.165) is 13.1 Å². The minimum atomic E-state index is 1.01. The molecule has 0 radical (unpaired) electrons. The van der Waals surface area contributed by atoms with Crippen LogP contribution in [0.5, 0.6) is 0 Å². The molecule has 1 aliphatic rings. The lowest BCUT2D eigenvalue weighted by Crippen LogP contribution is -2.22. The van der Waals surface area contributed by atoms with Gasteiger partial charge in [0, 0.05) is 20.0 Å². The maximum atomic E-state index is 4.56. The second-order valence-electron chi connectivity index (χ2n) is 7.05. The highest BCUT2D eigenvalue weighted by Crippen LogP contribution is 2.12. The Balaban J connectivity index is 1.75. The number of unbranched alkanes of at least 4 members (excludes halogenated alkanes) is 11. The first-order valence-electron chi connectivity index (χ1n) is 10.2. The molecule has 0 saturated carbocycles. The van der Waals surface area contributed by atoms with Crippen molar-refractivity contribution in [3.63, 3.8) is 0 Å². The molecule has 0 unspecified atom stereocenters. The average molecular weight is 321 g/mol. The van der Waals surface area contributed by atoms with Gasteiger partial charge in [-0.05, 0) is 32.1 Å². The Morgan fingerprint density at radius 2 is 1.39 bits per heavy atom. The molecule has 23 heavy (non-hydrogen) atoms. The summed E-state index contributed by atoms with van der Waals surface area (Å²) in [5, 5.41) is 0. The predicted octanol–water partition coefficient (Wildman–Crippen LogP) is 6.37. The van der Waals surface area contributed by atoms with Crippen LogP contribution in [0, 0.1) is 0 Å². The zero-order valence-corrected chi connectivity index (χ0v) is 15.9. The quantitative estimate of drug-likeness (QED) is 0.253. The standard InChI is InChI=1S/C21H40N2/c1-3-4-5-6-7-8-9-10-11-12-13-14-15-16-17-18-21-22-19-20-23(21)2/h8-9H,3-7,10-20H2,1-2H3/b9-8-. The summed E-state index contributed by atoms with van der Waals surface area (Å²) in [6.07, 6.45) is 23.9. The normalized spacial score (nSPS) is 14.9. The van der Waals surface area contributed by atoms with E-state index in [4.69, 9.17) is 0 Å². The van der Waals surface area contributed by atoms with Crippen LogP contribution in [0.15, 0.2) is 17.1 Å². The van der Waals surface area contributed by atoms with Gasteiger partial charge in [-0.25, -0.2) is 0 Å². The van der Waals surface area contributed by atoms with Crippen LogP contribution in [0.3, 0.4) is 0 Å². The van der Waals surface area contributed by atoms with Crippen LogP contribution in [0.25, 0.3) is 0 Å². The van der Waals surface area contributed by atoms with E-state index in [1.54, 1.807) is 0 Å². The second-order valence-corrected chi connectivity index (χ2v) is 7.05. The van der Waals surface area contributed by atoms with Gasteiger partial charge in [0.1, 0.15) is 0 Å². The van der Waals surface area contributed by atoms with E-state index in [1.165, 1.54) is 95.7 Å². The highest BCUT2D eigenvalue weighted by Gasteiger charge is 2.10. The average Bonchev–Trinajstić information content (AvgIpc) is 2.96. The third-order valence-electron chi connectivity index (χ3n) is 4.83. The number of hydrogen-bond donors (Lipinski definition) is 0. The Morgan fingerprint density at radius 3 is 1.96 bits per heavy atom. The topological polar surface area (TPSA) is 15.6 Å². The van der Waals surface area contributed by atoms with Crippen molar-refractivity contribution in [2.75, 3.05) is 20.1 Å². The van der Waals surface area contributed by atoms with Crippen LogP contribution in [-0.2, 0) is 0 Å². The van der Waals surface area contributed by atoms with Crippen LogP contribution in [-0.4, -0.2) is 30.9 Å². The van der Waals surface area contributed by atoms with E-state index >= 15 is 0 Å². The number of amidine groups is 1. The van der Waals surface area contributed by atoms with Gasteiger partial charge in [-0.3, -0.25) is 4.99 Å². The van der Waals surface area contributed by atoms with Gasteiger partial charge in [0.15, 0.2) is 0 Å². The summed E-state index contributed by atoms with van der Waals surface area (Å²) in [5.41, 5.74) is 0. The van der Waals surface area contributed by atoms with Crippen molar-refractivity contribution in [2.45, 2.75) is 96.8 Å². The van der Waals surface area contributed by atoms with E-state index in [0.29, 0.717) is 0 Å². The smallest absolute Gasteiger partial charge is 0.0987 e. The zero-order valence-electron chi connectivity index (χ0n) is 15.9. The van der Waals surface area contributed by atoms with Crippen molar-refractivity contribution < 1.29 is 0 Å². The number of aliphatic imine (C=N–C) groups is 1. The molecule has 0 aromatic heterocycles. The molecule has 134 valence electrons. The summed E-state index contributed by atoms with van der Waals surface area (Å²) in [6, 6.07) is 0. The molecule has 0 N–H and O–H groups in total. The highest BCUT2D eigenvalue weighted by molar-refractivity contribution is 5.83. The van der Waals surface area contributed by atoms with Crippen LogP contribution in [0.2, 0.25) is 0 Å². The van der Waals surface area contributed by atoms with Gasteiger partial charge < -0.3 is 4.90 Å². The van der Waals surface area contributed by atoms with Gasteiger partial charge in [-0.2, -0.15) is 0 Å². The van der Waals surface area contributed by atoms with Crippen molar-refractivity contribution in [3.8, 4) is 0 Å². The van der Waals surface area contributed by atoms with Gasteiger partial charge in [0.25, 0.3) is 0 Å². The molecule has 0 bridgehead atoms. The van der Waals surface area contributed by atoms with Gasteiger partial charge in [0.05, 0.1) is 12.4 Å². The highest BCUT2D eigenvalue weighted by atomic mass is 15.2. The molecular formula is C21H40N2. The lowest BCUT2D eigenvalue weighted by atomic mass is 10.1. The molecule has 0 fully saturated rings. The van der Waals surface area contributed by atoms with Gasteiger partial charge >= 0.3 is 0 Å². The molecule has 0 aliphatic carbocycles. The zero-order chi connectivity index (χ0) is 16.6. The molecule has 0 aromatic rings. The number of rotatable bonds is 15. The fourth-order valence-corrected chi connectivity index (χ4v) is 3.20. The van der Waals surface area contributed by atoms with Gasteiger partial charge in [-0.15, -0.1) is 0 Å². The van der Waals surface area contributed by atoms with Gasteiger partial charge in [-0.1, -0.05) is 70.4 Å². The summed E-state index contributed by atoms with van der Waals surface area (Å²) in [6.45, 7) is 4.42. The van der Waals surface area contributed by atoms with Crippen LogP contribution >= 0.6 is 0 Å².